The summed E-state index contributed by atoms with van der Waals surface area (Å²) in [6.45, 7) is 5.38. The largest absolute Gasteiger partial charge is 0.369 e. The van der Waals surface area contributed by atoms with Crippen molar-refractivity contribution < 1.29 is 4.74 Å². The fraction of sp³-hybridized carbons (Fsp3) is 0.333. The maximum Gasteiger partial charge on any atom is 0.125 e. The van der Waals surface area contributed by atoms with E-state index < -0.39 is 0 Å². The third-order valence-corrected chi connectivity index (χ3v) is 4.36. The van der Waals surface area contributed by atoms with Crippen LogP contribution in [0.15, 0.2) is 42.7 Å². The van der Waals surface area contributed by atoms with Gasteiger partial charge in [0.25, 0.3) is 0 Å². The Balaban J connectivity index is 1.52. The van der Waals surface area contributed by atoms with Gasteiger partial charge in [0.2, 0.25) is 0 Å². The molecule has 3 aromatic rings. The third kappa shape index (κ3) is 2.98. The van der Waals surface area contributed by atoms with Crippen LogP contribution in [0.2, 0.25) is 0 Å². The molecule has 1 aromatic carbocycles. The molecular formula is C18H20N4O. The highest BCUT2D eigenvalue weighted by Gasteiger charge is 2.23. The van der Waals surface area contributed by atoms with Gasteiger partial charge in [-0.15, -0.1) is 0 Å². The molecule has 0 bridgehead atoms. The summed E-state index contributed by atoms with van der Waals surface area (Å²) >= 11 is 0. The normalized spacial score (nSPS) is 19.3. The maximum atomic E-state index is 5.92. The highest BCUT2D eigenvalue weighted by atomic mass is 16.5. The van der Waals surface area contributed by atoms with Gasteiger partial charge in [0.15, 0.2) is 0 Å². The highest BCUT2D eigenvalue weighted by Crippen LogP contribution is 2.24. The summed E-state index contributed by atoms with van der Waals surface area (Å²) < 4.78 is 5.92. The minimum Gasteiger partial charge on any atom is -0.369 e. The molecule has 1 aliphatic rings. The van der Waals surface area contributed by atoms with Crippen LogP contribution < -0.4 is 0 Å². The van der Waals surface area contributed by atoms with Crippen molar-refractivity contribution in [2.24, 2.45) is 0 Å². The Morgan fingerprint density at radius 3 is 3.17 bits per heavy atom. The molecular weight excluding hydrogens is 288 g/mol. The molecule has 0 amide bonds. The molecule has 0 saturated carbocycles. The van der Waals surface area contributed by atoms with Crippen molar-refractivity contribution in [3.05, 3.63) is 59.8 Å². The molecule has 1 aliphatic heterocycles. The lowest BCUT2D eigenvalue weighted by atomic mass is 10.1. The van der Waals surface area contributed by atoms with Crippen LogP contribution in [-0.4, -0.2) is 39.5 Å². The fourth-order valence-electron chi connectivity index (χ4n) is 3.21. The van der Waals surface area contributed by atoms with Crippen molar-refractivity contribution in [2.75, 3.05) is 19.7 Å². The number of fused-ring (bicyclic) bond motifs is 1. The Labute approximate surface area is 135 Å². The topological polar surface area (TPSA) is 54.0 Å². The molecule has 5 heteroatoms. The molecule has 3 heterocycles. The Morgan fingerprint density at radius 2 is 2.26 bits per heavy atom. The van der Waals surface area contributed by atoms with Gasteiger partial charge in [-0.2, -0.15) is 0 Å². The number of aryl methyl sites for hydroxylation is 1. The van der Waals surface area contributed by atoms with Crippen LogP contribution in [0.5, 0.6) is 0 Å². The first-order valence-electron chi connectivity index (χ1n) is 7.98. The van der Waals surface area contributed by atoms with E-state index in [1.54, 1.807) is 6.20 Å². The zero-order valence-electron chi connectivity index (χ0n) is 13.2. The van der Waals surface area contributed by atoms with Crippen LogP contribution in [0.1, 0.15) is 23.2 Å². The summed E-state index contributed by atoms with van der Waals surface area (Å²) in [5, 5.41) is 1.30. The predicted octanol–water partition coefficient (Wildman–Crippen LogP) is 2.84. The van der Waals surface area contributed by atoms with Crippen molar-refractivity contribution in [1.82, 2.24) is 19.9 Å². The lowest BCUT2D eigenvalue weighted by Crippen LogP contribution is -2.38. The van der Waals surface area contributed by atoms with Gasteiger partial charge in [-0.3, -0.25) is 4.90 Å². The second kappa shape index (κ2) is 6.10. The van der Waals surface area contributed by atoms with E-state index in [9.17, 15) is 0 Å². The Kier molecular flexibility index (Phi) is 3.81. The van der Waals surface area contributed by atoms with Crippen LogP contribution in [-0.2, 0) is 11.3 Å². The number of rotatable bonds is 3. The van der Waals surface area contributed by atoms with Crippen LogP contribution in [0.4, 0.5) is 0 Å². The second-order valence-corrected chi connectivity index (χ2v) is 5.98. The minimum atomic E-state index is 0.0240. The lowest BCUT2D eigenvalue weighted by Gasteiger charge is -2.32. The molecule has 23 heavy (non-hydrogen) atoms. The highest BCUT2D eigenvalue weighted by molar-refractivity contribution is 5.82. The smallest absolute Gasteiger partial charge is 0.125 e. The summed E-state index contributed by atoms with van der Waals surface area (Å²) in [4.78, 5) is 14.4. The van der Waals surface area contributed by atoms with Gasteiger partial charge in [-0.1, -0.05) is 12.1 Å². The van der Waals surface area contributed by atoms with E-state index in [4.69, 9.17) is 4.74 Å². The third-order valence-electron chi connectivity index (χ3n) is 4.36. The van der Waals surface area contributed by atoms with Gasteiger partial charge < -0.3 is 9.72 Å². The number of hydrogen-bond donors (Lipinski definition) is 1. The maximum absolute atomic E-state index is 5.92. The van der Waals surface area contributed by atoms with Crippen molar-refractivity contribution in [3.8, 4) is 0 Å². The zero-order chi connectivity index (χ0) is 15.6. The summed E-state index contributed by atoms with van der Waals surface area (Å²) in [6.07, 6.45) is 3.83. The van der Waals surface area contributed by atoms with Crippen molar-refractivity contribution in [2.45, 2.75) is 19.6 Å². The van der Waals surface area contributed by atoms with Crippen LogP contribution in [0.25, 0.3) is 10.9 Å². The number of nitrogens with one attached hydrogen (secondary N) is 1. The van der Waals surface area contributed by atoms with E-state index in [2.05, 4.69) is 44.1 Å². The van der Waals surface area contributed by atoms with Gasteiger partial charge in [0.05, 0.1) is 12.3 Å². The molecule has 0 spiro atoms. The van der Waals surface area contributed by atoms with Gasteiger partial charge >= 0.3 is 0 Å². The molecule has 1 N–H and O–H groups in total. The number of ether oxygens (including phenoxy) is 1. The first-order chi connectivity index (χ1) is 11.3. The lowest BCUT2D eigenvalue weighted by molar-refractivity contribution is -0.0350. The number of morpholine rings is 1. The van der Waals surface area contributed by atoms with Crippen molar-refractivity contribution in [3.63, 3.8) is 0 Å². The number of H-pyrrole nitrogens is 1. The zero-order valence-corrected chi connectivity index (χ0v) is 13.2. The molecule has 1 saturated heterocycles. The van der Waals surface area contributed by atoms with Crippen LogP contribution in [0.3, 0.4) is 0 Å². The average molecular weight is 308 g/mol. The van der Waals surface area contributed by atoms with Gasteiger partial charge in [-0.05, 0) is 30.7 Å². The van der Waals surface area contributed by atoms with E-state index >= 15 is 0 Å². The fourth-order valence-corrected chi connectivity index (χ4v) is 3.21. The number of nitrogens with zero attached hydrogens (tertiary/aromatic N) is 3. The number of aromatic nitrogens is 3. The van der Waals surface area contributed by atoms with Crippen molar-refractivity contribution >= 4 is 10.9 Å². The Bertz CT molecular complexity index is 813. The molecule has 0 unspecified atom stereocenters. The van der Waals surface area contributed by atoms with Crippen LogP contribution >= 0.6 is 0 Å². The monoisotopic (exact) mass is 308 g/mol. The molecule has 1 fully saturated rings. The summed E-state index contributed by atoms with van der Waals surface area (Å²) in [5.74, 6) is 0.792. The molecule has 0 aliphatic carbocycles. The van der Waals surface area contributed by atoms with E-state index in [1.165, 1.54) is 16.5 Å². The summed E-state index contributed by atoms with van der Waals surface area (Å²) in [6, 6.07) is 10.5. The van der Waals surface area contributed by atoms with Crippen molar-refractivity contribution in [1.29, 1.82) is 0 Å². The van der Waals surface area contributed by atoms with Crippen LogP contribution in [0, 0.1) is 6.92 Å². The molecule has 5 nitrogen and oxygen atoms in total. The van der Waals surface area contributed by atoms with Gasteiger partial charge in [0, 0.05) is 42.9 Å². The SMILES string of the molecule is Cc1nccc([C@H]2CN(Cc3cccc4[nH]ccc34)CCO2)n1. The van der Waals surface area contributed by atoms with E-state index in [0.29, 0.717) is 0 Å². The summed E-state index contributed by atoms with van der Waals surface area (Å²) in [5.41, 5.74) is 3.52. The predicted molar refractivity (Wildman–Crippen MR) is 89.0 cm³/mol. The number of benzene rings is 1. The van der Waals surface area contributed by atoms with E-state index in [1.807, 2.05) is 19.2 Å². The quantitative estimate of drug-likeness (QED) is 0.808. The first kappa shape index (κ1) is 14.4. The molecule has 118 valence electrons. The molecule has 1 atom stereocenters. The second-order valence-electron chi connectivity index (χ2n) is 5.98. The molecule has 2 aromatic heterocycles. The average Bonchev–Trinajstić information content (AvgIpc) is 3.05. The van der Waals surface area contributed by atoms with E-state index in [0.717, 1.165) is 37.8 Å². The van der Waals surface area contributed by atoms with E-state index in [-0.39, 0.29) is 6.10 Å². The Hall–Kier alpha value is -2.24. The minimum absolute atomic E-state index is 0.0240. The number of aromatic amines is 1. The summed E-state index contributed by atoms with van der Waals surface area (Å²) in [7, 11) is 0. The standard InChI is InChI=1S/C18H20N4O/c1-13-19-8-6-17(21-13)18-12-22(9-10-23-18)11-14-3-2-4-16-15(14)5-7-20-16/h2-8,18,20H,9-12H2,1H3/t18-/m1/s1. The first-order valence-corrected chi connectivity index (χ1v) is 7.98. The van der Waals surface area contributed by atoms with Gasteiger partial charge in [0.1, 0.15) is 11.9 Å². The molecule has 0 radical (unpaired) electrons. The Morgan fingerprint density at radius 1 is 1.30 bits per heavy atom. The molecule has 4 rings (SSSR count). The van der Waals surface area contributed by atoms with Gasteiger partial charge in [-0.25, -0.2) is 9.97 Å². The number of hydrogen-bond acceptors (Lipinski definition) is 4.